The number of fused-ring (bicyclic) bond motifs is 2. The van der Waals surface area contributed by atoms with Crippen molar-refractivity contribution in [2.45, 2.75) is 57.6 Å². The van der Waals surface area contributed by atoms with E-state index in [1.807, 2.05) is 24.0 Å². The standard InChI is InChI=1S/C29H35F2N3O5/c1-3-37-28(32)34-12-10-33(11-13-34)16-23-21-7-9-25(22(21)6-8-24(23)29(2,30)31)39-19-4-5-20-18(14-27(35)36)17-38-26(20)15-19/h4-6,8,15,18,25,32H,3,7,9-14,16-17H2,1-2H3,(H,35,36). The average molecular weight is 544 g/mol. The number of alkyl halides is 2. The third-order valence-electron chi connectivity index (χ3n) is 7.83. The van der Waals surface area contributed by atoms with E-state index < -0.39 is 11.9 Å². The fourth-order valence-electron chi connectivity index (χ4n) is 5.89. The van der Waals surface area contributed by atoms with Crippen LogP contribution in [0, 0.1) is 5.41 Å². The number of nitrogens with one attached hydrogen (secondary N) is 1. The summed E-state index contributed by atoms with van der Waals surface area (Å²) >= 11 is 0. The van der Waals surface area contributed by atoms with E-state index in [0.717, 1.165) is 23.6 Å². The lowest BCUT2D eigenvalue weighted by molar-refractivity contribution is -0.137. The molecule has 10 heteroatoms. The number of piperazine rings is 1. The fourth-order valence-corrected chi connectivity index (χ4v) is 5.89. The molecule has 0 radical (unpaired) electrons. The Bertz CT molecular complexity index is 1240. The molecule has 3 aliphatic rings. The van der Waals surface area contributed by atoms with Gasteiger partial charge in [0.2, 0.25) is 0 Å². The zero-order chi connectivity index (χ0) is 27.7. The summed E-state index contributed by atoms with van der Waals surface area (Å²) in [6.45, 7) is 6.54. The number of aliphatic carboxylic acids is 1. The molecule has 210 valence electrons. The lowest BCUT2D eigenvalue weighted by atomic mass is 9.93. The van der Waals surface area contributed by atoms with E-state index in [9.17, 15) is 13.6 Å². The summed E-state index contributed by atoms with van der Waals surface area (Å²) in [5.74, 6) is -2.76. The number of benzene rings is 2. The zero-order valence-corrected chi connectivity index (χ0v) is 22.3. The summed E-state index contributed by atoms with van der Waals surface area (Å²) in [7, 11) is 0. The van der Waals surface area contributed by atoms with Gasteiger partial charge in [-0.3, -0.25) is 15.1 Å². The van der Waals surface area contributed by atoms with Crippen LogP contribution in [0.4, 0.5) is 8.78 Å². The molecular formula is C29H35F2N3O5. The van der Waals surface area contributed by atoms with Crippen molar-refractivity contribution >= 4 is 12.0 Å². The fraction of sp³-hybridized carbons (Fsp3) is 0.517. The molecule has 5 rings (SSSR count). The van der Waals surface area contributed by atoms with E-state index in [-0.39, 0.29) is 30.0 Å². The lowest BCUT2D eigenvalue weighted by Crippen LogP contribution is -2.48. The highest BCUT2D eigenvalue weighted by Crippen LogP contribution is 2.44. The van der Waals surface area contributed by atoms with Crippen LogP contribution in [0.1, 0.15) is 66.5 Å². The number of hydrogen-bond donors (Lipinski definition) is 2. The van der Waals surface area contributed by atoms with Gasteiger partial charge in [0.05, 0.1) is 19.6 Å². The molecule has 2 heterocycles. The predicted octanol–water partition coefficient (Wildman–Crippen LogP) is 4.90. The Labute approximate surface area is 227 Å². The summed E-state index contributed by atoms with van der Waals surface area (Å²) in [4.78, 5) is 15.2. The van der Waals surface area contributed by atoms with Crippen LogP contribution in [-0.2, 0) is 28.4 Å². The first-order valence-electron chi connectivity index (χ1n) is 13.5. The quantitative estimate of drug-likeness (QED) is 0.361. The Morgan fingerprint density at radius 1 is 1.18 bits per heavy atom. The lowest BCUT2D eigenvalue weighted by Gasteiger charge is -2.36. The van der Waals surface area contributed by atoms with Crippen molar-refractivity contribution in [2.24, 2.45) is 0 Å². The van der Waals surface area contributed by atoms with E-state index in [1.54, 1.807) is 18.2 Å². The van der Waals surface area contributed by atoms with Crippen molar-refractivity contribution in [3.8, 4) is 11.5 Å². The topological polar surface area (TPSA) is 95.3 Å². The van der Waals surface area contributed by atoms with Gasteiger partial charge < -0.3 is 24.2 Å². The second kappa shape index (κ2) is 11.0. The van der Waals surface area contributed by atoms with Crippen molar-refractivity contribution in [3.63, 3.8) is 0 Å². The maximum absolute atomic E-state index is 14.7. The number of carboxylic acid groups (broad SMARTS) is 1. The maximum atomic E-state index is 14.7. The maximum Gasteiger partial charge on any atom is 0.304 e. The number of rotatable bonds is 8. The molecule has 2 aliphatic heterocycles. The first kappa shape index (κ1) is 27.2. The van der Waals surface area contributed by atoms with Gasteiger partial charge >= 0.3 is 5.97 Å². The van der Waals surface area contributed by atoms with Crippen LogP contribution >= 0.6 is 0 Å². The highest BCUT2D eigenvalue weighted by molar-refractivity contribution is 5.70. The van der Waals surface area contributed by atoms with Crippen LogP contribution in [0.5, 0.6) is 11.5 Å². The molecule has 2 unspecified atom stereocenters. The molecule has 0 aromatic heterocycles. The summed E-state index contributed by atoms with van der Waals surface area (Å²) in [6, 6.07) is 8.96. The molecule has 1 aliphatic carbocycles. The van der Waals surface area contributed by atoms with Gasteiger partial charge in [0.15, 0.2) is 0 Å². The van der Waals surface area contributed by atoms with Gasteiger partial charge in [-0.15, -0.1) is 0 Å². The van der Waals surface area contributed by atoms with Crippen molar-refractivity contribution in [3.05, 3.63) is 58.1 Å². The minimum Gasteiger partial charge on any atom is -0.492 e. The first-order chi connectivity index (χ1) is 18.6. The van der Waals surface area contributed by atoms with Crippen LogP contribution in [0.25, 0.3) is 0 Å². The summed E-state index contributed by atoms with van der Waals surface area (Å²) < 4.78 is 46.8. The van der Waals surface area contributed by atoms with Crippen LogP contribution in [0.2, 0.25) is 0 Å². The van der Waals surface area contributed by atoms with E-state index in [0.29, 0.717) is 75.8 Å². The molecular weight excluding hydrogens is 508 g/mol. The van der Waals surface area contributed by atoms with Gasteiger partial charge in [0, 0.05) is 62.8 Å². The number of nitrogens with zero attached hydrogens (tertiary/aromatic N) is 2. The van der Waals surface area contributed by atoms with Gasteiger partial charge in [-0.2, -0.15) is 0 Å². The summed E-state index contributed by atoms with van der Waals surface area (Å²) in [5, 5.41) is 17.2. The molecule has 39 heavy (non-hydrogen) atoms. The highest BCUT2D eigenvalue weighted by Gasteiger charge is 2.35. The second-order valence-electron chi connectivity index (χ2n) is 10.5. The van der Waals surface area contributed by atoms with Crippen molar-refractivity contribution in [2.75, 3.05) is 39.4 Å². The van der Waals surface area contributed by atoms with Gasteiger partial charge in [-0.05, 0) is 42.5 Å². The van der Waals surface area contributed by atoms with Crippen LogP contribution < -0.4 is 9.47 Å². The monoisotopic (exact) mass is 543 g/mol. The van der Waals surface area contributed by atoms with Crippen molar-refractivity contribution in [1.29, 1.82) is 5.41 Å². The van der Waals surface area contributed by atoms with E-state index in [1.165, 1.54) is 0 Å². The Balaban J connectivity index is 1.33. The number of hydrogen-bond acceptors (Lipinski definition) is 6. The third kappa shape index (κ3) is 5.80. The molecule has 2 N–H and O–H groups in total. The largest absolute Gasteiger partial charge is 0.492 e. The number of halogens is 2. The smallest absolute Gasteiger partial charge is 0.304 e. The molecule has 2 aromatic rings. The molecule has 1 fully saturated rings. The number of ether oxygens (including phenoxy) is 3. The Kier molecular flexibility index (Phi) is 7.66. The minimum atomic E-state index is -2.97. The predicted molar refractivity (Wildman–Crippen MR) is 141 cm³/mol. The Morgan fingerprint density at radius 2 is 1.92 bits per heavy atom. The molecule has 2 atom stereocenters. The second-order valence-corrected chi connectivity index (χ2v) is 10.5. The van der Waals surface area contributed by atoms with E-state index in [4.69, 9.17) is 24.7 Å². The Hall–Kier alpha value is -3.40. The summed E-state index contributed by atoms with van der Waals surface area (Å²) in [6.07, 6.45) is 1.08. The molecule has 0 saturated carbocycles. The van der Waals surface area contributed by atoms with Crippen molar-refractivity contribution in [1.82, 2.24) is 9.80 Å². The van der Waals surface area contributed by atoms with Gasteiger partial charge in [-0.25, -0.2) is 8.78 Å². The van der Waals surface area contributed by atoms with Gasteiger partial charge in [0.1, 0.15) is 17.6 Å². The summed E-state index contributed by atoms with van der Waals surface area (Å²) in [5.41, 5.74) is 3.46. The molecule has 2 aromatic carbocycles. The highest BCUT2D eigenvalue weighted by atomic mass is 19.3. The van der Waals surface area contributed by atoms with Crippen LogP contribution in [-0.4, -0.2) is 66.3 Å². The average Bonchev–Trinajstić information content (AvgIpc) is 3.48. The third-order valence-corrected chi connectivity index (χ3v) is 7.83. The van der Waals surface area contributed by atoms with Crippen molar-refractivity contribution < 1.29 is 32.9 Å². The zero-order valence-electron chi connectivity index (χ0n) is 22.3. The van der Waals surface area contributed by atoms with E-state index in [2.05, 4.69) is 4.90 Å². The van der Waals surface area contributed by atoms with Crippen LogP contribution in [0.3, 0.4) is 0 Å². The SMILES string of the molecule is CCOC(=N)N1CCN(Cc2c(C(C)(F)F)ccc3c2CCC3Oc2ccc3c(c2)OCC3CC(=O)O)CC1. The number of carbonyl (C=O) groups is 1. The molecule has 0 bridgehead atoms. The Morgan fingerprint density at radius 3 is 2.62 bits per heavy atom. The van der Waals surface area contributed by atoms with Gasteiger partial charge in [0.25, 0.3) is 11.9 Å². The minimum absolute atomic E-state index is 0.0144. The molecule has 0 spiro atoms. The first-order valence-corrected chi connectivity index (χ1v) is 13.5. The van der Waals surface area contributed by atoms with Gasteiger partial charge in [-0.1, -0.05) is 18.2 Å². The number of amidine groups is 1. The number of carboxylic acids is 1. The molecule has 8 nitrogen and oxygen atoms in total. The van der Waals surface area contributed by atoms with E-state index >= 15 is 0 Å². The molecule has 0 amide bonds. The normalized spacial score (nSPS) is 20.8. The van der Waals surface area contributed by atoms with Crippen LogP contribution in [0.15, 0.2) is 30.3 Å². The molecule has 1 saturated heterocycles.